The Morgan fingerprint density at radius 1 is 1.43 bits per heavy atom. The van der Waals surface area contributed by atoms with Gasteiger partial charge in [0.05, 0.1) is 0 Å². The number of allylic oxidation sites excluding steroid dienone is 3. The zero-order valence-corrected chi connectivity index (χ0v) is 17.2. The van der Waals surface area contributed by atoms with Crippen LogP contribution in [0.3, 0.4) is 0 Å². The molecule has 2 aliphatic rings. The maximum atomic E-state index is 13.8. The van der Waals surface area contributed by atoms with Gasteiger partial charge in [-0.05, 0) is 25.0 Å². The molecule has 2 amide bonds. The monoisotopic (exact) mass is 504 g/mol. The molecule has 0 radical (unpaired) electrons. The van der Waals surface area contributed by atoms with Crippen LogP contribution in [-0.2, 0) is 9.53 Å². The number of rotatable bonds is 7. The molecule has 1 aromatic heterocycles. The van der Waals surface area contributed by atoms with E-state index < -0.39 is 15.6 Å². The average molecular weight is 504 g/mol. The summed E-state index contributed by atoms with van der Waals surface area (Å²) in [6.45, 7) is 1.37. The summed E-state index contributed by atoms with van der Waals surface area (Å²) < 4.78 is 30.4. The van der Waals surface area contributed by atoms with Gasteiger partial charge in [0, 0.05) is 60.5 Å². The number of nitrogens with one attached hydrogen (secondary N) is 2. The van der Waals surface area contributed by atoms with E-state index in [2.05, 4.69) is 20.6 Å². The molecule has 1 saturated carbocycles. The van der Waals surface area contributed by atoms with Gasteiger partial charge in [0.25, 0.3) is 9.77 Å². The topological polar surface area (TPSA) is 93.2 Å². The second-order valence-corrected chi connectivity index (χ2v) is 8.67. The first-order chi connectivity index (χ1) is 13.2. The highest BCUT2D eigenvalue weighted by Gasteiger charge is 2.30. The van der Waals surface area contributed by atoms with Crippen molar-refractivity contribution in [3.63, 3.8) is 0 Å². The van der Waals surface area contributed by atoms with Crippen molar-refractivity contribution < 1.29 is 23.1 Å². The summed E-state index contributed by atoms with van der Waals surface area (Å²) in [5.74, 6) is -1.51. The van der Waals surface area contributed by atoms with Crippen molar-refractivity contribution in [2.24, 2.45) is 11.8 Å². The fourth-order valence-electron chi connectivity index (χ4n) is 2.58. The molecule has 1 heterocycles. The number of amides is 2. The first-order valence-corrected chi connectivity index (χ1v) is 9.85. The number of hydrogen-bond acceptors (Lipinski definition) is 5. The standard InChI is InChI=1S/C18H19F2IN4O3/c1-18(20,21)28-14-8-10(2-5-12(14)19)9-23-16(27)13-6-7-22-17(24-13)25-15(26)11-3-4-11/h2,5-7,10-11H,3-4,8-9H2,1H3,(H,23,27)(H,22,24,25,26)/t10-,18+/m0/s1. The van der Waals surface area contributed by atoms with Crippen LogP contribution in [0.15, 0.2) is 36.0 Å². The lowest BCUT2D eigenvalue weighted by atomic mass is 9.98. The van der Waals surface area contributed by atoms with Crippen LogP contribution >= 0.6 is 22.6 Å². The summed E-state index contributed by atoms with van der Waals surface area (Å²) in [7, 11) is 0. The van der Waals surface area contributed by atoms with Crippen LogP contribution in [0.2, 0.25) is 0 Å². The molecular formula is C18H19F2IN4O3. The van der Waals surface area contributed by atoms with Gasteiger partial charge in [-0.15, -0.1) is 0 Å². The lowest BCUT2D eigenvalue weighted by molar-refractivity contribution is -0.117. The molecule has 1 aromatic rings. The van der Waals surface area contributed by atoms with Gasteiger partial charge >= 0.3 is 0 Å². The number of nitrogens with zero attached hydrogens (tertiary/aromatic N) is 2. The van der Waals surface area contributed by atoms with Gasteiger partial charge in [-0.25, -0.2) is 14.4 Å². The number of anilines is 1. The first kappa shape index (κ1) is 20.6. The van der Waals surface area contributed by atoms with E-state index in [0.29, 0.717) is 0 Å². The number of alkyl halides is 2. The Bertz CT molecular complexity index is 834. The number of ether oxygens (including phenoxy) is 1. The van der Waals surface area contributed by atoms with Crippen molar-refractivity contribution in [1.82, 2.24) is 15.3 Å². The molecule has 2 N–H and O–H groups in total. The van der Waals surface area contributed by atoms with Crippen LogP contribution in [0.1, 0.15) is 36.7 Å². The van der Waals surface area contributed by atoms with Crippen LogP contribution in [0.5, 0.6) is 0 Å². The second kappa shape index (κ2) is 8.50. The molecule has 2 atom stereocenters. The minimum atomic E-state index is -2.02. The Morgan fingerprint density at radius 2 is 2.18 bits per heavy atom. The van der Waals surface area contributed by atoms with E-state index in [4.69, 9.17) is 4.74 Å². The molecule has 3 rings (SSSR count). The van der Waals surface area contributed by atoms with Crippen LogP contribution in [-0.4, -0.2) is 32.2 Å². The highest BCUT2D eigenvalue weighted by molar-refractivity contribution is 14.1. The third-order valence-electron chi connectivity index (χ3n) is 4.13. The molecule has 0 saturated heterocycles. The zero-order valence-electron chi connectivity index (χ0n) is 15.0. The normalized spacial score (nSPS) is 21.1. The Morgan fingerprint density at radius 3 is 2.86 bits per heavy atom. The van der Waals surface area contributed by atoms with E-state index in [-0.39, 0.29) is 48.1 Å². The molecule has 0 spiro atoms. The average Bonchev–Trinajstić information content (AvgIpc) is 3.46. The molecule has 0 aliphatic heterocycles. The Balaban J connectivity index is 1.54. The predicted molar refractivity (Wildman–Crippen MR) is 106 cm³/mol. The van der Waals surface area contributed by atoms with Crippen LogP contribution in [0.4, 0.5) is 14.7 Å². The molecule has 0 unspecified atom stereocenters. The summed E-state index contributed by atoms with van der Waals surface area (Å²) >= 11 is 1.43. The van der Waals surface area contributed by atoms with Crippen molar-refractivity contribution in [2.75, 3.05) is 11.9 Å². The zero-order chi connectivity index (χ0) is 20.3. The molecule has 7 nitrogen and oxygen atoms in total. The number of hydrogen-bond donors (Lipinski definition) is 2. The minimum Gasteiger partial charge on any atom is -0.451 e. The van der Waals surface area contributed by atoms with Crippen LogP contribution in [0.25, 0.3) is 0 Å². The molecule has 150 valence electrons. The fraction of sp³-hybridized carbons (Fsp3) is 0.444. The molecule has 1 fully saturated rings. The summed E-state index contributed by atoms with van der Waals surface area (Å²) in [6.07, 6.45) is 6.00. The van der Waals surface area contributed by atoms with E-state index in [1.165, 1.54) is 47.9 Å². The number of halogens is 3. The van der Waals surface area contributed by atoms with Crippen molar-refractivity contribution in [3.05, 3.63) is 41.7 Å². The molecular weight excluding hydrogens is 485 g/mol. The highest BCUT2D eigenvalue weighted by atomic mass is 127. The smallest absolute Gasteiger partial charge is 0.295 e. The summed E-state index contributed by atoms with van der Waals surface area (Å²) in [5.41, 5.74) is 0.0997. The largest absolute Gasteiger partial charge is 0.451 e. The highest BCUT2D eigenvalue weighted by Crippen LogP contribution is 2.32. The number of aromatic nitrogens is 2. The second-order valence-electron chi connectivity index (χ2n) is 6.74. The van der Waals surface area contributed by atoms with Gasteiger partial charge in [-0.3, -0.25) is 14.9 Å². The molecule has 10 heteroatoms. The van der Waals surface area contributed by atoms with E-state index in [9.17, 15) is 18.4 Å². The third kappa shape index (κ3) is 5.94. The van der Waals surface area contributed by atoms with Gasteiger partial charge in [-0.1, -0.05) is 6.08 Å². The summed E-state index contributed by atoms with van der Waals surface area (Å²) in [6, 6.07) is 1.43. The van der Waals surface area contributed by atoms with E-state index in [0.717, 1.165) is 12.8 Å². The van der Waals surface area contributed by atoms with Crippen molar-refractivity contribution in [1.29, 1.82) is 0 Å². The minimum absolute atomic E-state index is 0.00208. The van der Waals surface area contributed by atoms with Gasteiger partial charge in [0.15, 0.2) is 5.83 Å². The van der Waals surface area contributed by atoms with E-state index >= 15 is 0 Å². The molecule has 0 aromatic carbocycles. The Kier molecular flexibility index (Phi) is 6.26. The van der Waals surface area contributed by atoms with Gasteiger partial charge in [0.1, 0.15) is 11.5 Å². The van der Waals surface area contributed by atoms with E-state index in [1.807, 2.05) is 0 Å². The number of carbonyl (C=O) groups excluding carboxylic acids is 2. The van der Waals surface area contributed by atoms with Crippen LogP contribution in [0, 0.1) is 11.8 Å². The maximum Gasteiger partial charge on any atom is 0.295 e. The van der Waals surface area contributed by atoms with Crippen molar-refractivity contribution in [2.45, 2.75) is 30.0 Å². The first-order valence-electron chi connectivity index (χ1n) is 8.77. The van der Waals surface area contributed by atoms with E-state index in [1.54, 1.807) is 6.08 Å². The molecule has 28 heavy (non-hydrogen) atoms. The molecule has 0 bridgehead atoms. The Hall–Kier alpha value is -2.11. The van der Waals surface area contributed by atoms with Gasteiger partial charge in [-0.2, -0.15) is 4.39 Å². The van der Waals surface area contributed by atoms with Crippen molar-refractivity contribution in [3.8, 4) is 0 Å². The lowest BCUT2D eigenvalue weighted by Crippen LogP contribution is -2.31. The SMILES string of the molecule is C[C@@](F)(I)OC1=C(F)C=C[C@H](CNC(=O)c2ccnc(NC(=O)C3CC3)n2)C1. The summed E-state index contributed by atoms with van der Waals surface area (Å²) in [4.78, 5) is 32.1. The van der Waals surface area contributed by atoms with Crippen LogP contribution < -0.4 is 10.6 Å². The van der Waals surface area contributed by atoms with Crippen molar-refractivity contribution >= 4 is 40.4 Å². The Labute approximate surface area is 174 Å². The van der Waals surface area contributed by atoms with Gasteiger partial charge in [0.2, 0.25) is 11.9 Å². The molecule has 2 aliphatic carbocycles. The lowest BCUT2D eigenvalue weighted by Gasteiger charge is -2.23. The summed E-state index contributed by atoms with van der Waals surface area (Å²) in [5, 5.41) is 5.28. The third-order valence-corrected chi connectivity index (χ3v) is 4.35. The van der Waals surface area contributed by atoms with Gasteiger partial charge < -0.3 is 10.1 Å². The number of carbonyl (C=O) groups is 2. The predicted octanol–water partition coefficient (Wildman–Crippen LogP) is 3.41. The quantitative estimate of drug-likeness (QED) is 0.439. The maximum absolute atomic E-state index is 13.8. The fourth-order valence-corrected chi connectivity index (χ4v) is 2.85.